The van der Waals surface area contributed by atoms with E-state index in [1.807, 2.05) is 24.3 Å². The highest BCUT2D eigenvalue weighted by Gasteiger charge is 2.64. The molecule has 0 bridgehead atoms. The molecule has 220 valence electrons. The first-order valence-electron chi connectivity index (χ1n) is 15.1. The van der Waals surface area contributed by atoms with Gasteiger partial charge >= 0.3 is 5.97 Å². The number of hydrogen-bond donors (Lipinski definition) is 1. The molecular weight excluding hydrogens is 528 g/mol. The summed E-state index contributed by atoms with van der Waals surface area (Å²) in [5.41, 5.74) is 2.71. The number of benzene rings is 2. The zero-order valence-electron chi connectivity index (χ0n) is 24.4. The number of nitrogens with zero attached hydrogens (tertiary/aromatic N) is 4. The van der Waals surface area contributed by atoms with Gasteiger partial charge in [-0.1, -0.05) is 74.5 Å². The van der Waals surface area contributed by atoms with Gasteiger partial charge in [0.2, 0.25) is 5.88 Å². The predicted octanol–water partition coefficient (Wildman–Crippen LogP) is 5.77. The number of aromatic nitrogens is 3. The van der Waals surface area contributed by atoms with Crippen molar-refractivity contribution in [3.63, 3.8) is 0 Å². The third kappa shape index (κ3) is 5.92. The van der Waals surface area contributed by atoms with Gasteiger partial charge in [0.15, 0.2) is 5.65 Å². The van der Waals surface area contributed by atoms with Crippen molar-refractivity contribution in [3.8, 4) is 5.88 Å². The Morgan fingerprint density at radius 1 is 1.00 bits per heavy atom. The SMILES string of the molecule is CC(C)C1CC1(C(=O)O)c1cn2nc(OCCCN3CCC(OC(c4ccccc4)c4ccccc4)CC3)ccc2n1. The van der Waals surface area contributed by atoms with Crippen LogP contribution in [0.3, 0.4) is 0 Å². The number of carboxylic acids is 1. The van der Waals surface area contributed by atoms with Crippen LogP contribution >= 0.6 is 0 Å². The highest BCUT2D eigenvalue weighted by molar-refractivity contribution is 5.85. The Bertz CT molecular complexity index is 1440. The summed E-state index contributed by atoms with van der Waals surface area (Å²) < 4.78 is 14.3. The molecule has 2 fully saturated rings. The minimum Gasteiger partial charge on any atom is -0.481 e. The third-order valence-electron chi connectivity index (χ3n) is 8.89. The van der Waals surface area contributed by atoms with Gasteiger partial charge < -0.3 is 19.5 Å². The molecular formula is C34H40N4O4. The first-order chi connectivity index (χ1) is 20.4. The largest absolute Gasteiger partial charge is 0.481 e. The molecule has 1 aliphatic carbocycles. The van der Waals surface area contributed by atoms with Gasteiger partial charge in [0.25, 0.3) is 0 Å². The van der Waals surface area contributed by atoms with Crippen LogP contribution in [0, 0.1) is 11.8 Å². The van der Waals surface area contributed by atoms with Crippen molar-refractivity contribution in [1.29, 1.82) is 0 Å². The molecule has 2 aromatic carbocycles. The van der Waals surface area contributed by atoms with Gasteiger partial charge in [-0.15, -0.1) is 5.10 Å². The average molecular weight is 569 g/mol. The molecule has 1 N–H and O–H groups in total. The Kier molecular flexibility index (Phi) is 8.27. The fourth-order valence-corrected chi connectivity index (χ4v) is 6.43. The molecule has 2 aromatic heterocycles. The normalized spacial score (nSPS) is 21.3. The first kappa shape index (κ1) is 28.4. The molecule has 1 aliphatic heterocycles. The maximum atomic E-state index is 12.1. The molecule has 2 atom stereocenters. The van der Waals surface area contributed by atoms with Crippen LogP contribution in [0.4, 0.5) is 0 Å². The van der Waals surface area contributed by atoms with Crippen molar-refractivity contribution in [1.82, 2.24) is 19.5 Å². The fraction of sp³-hybridized carbons (Fsp3) is 0.441. The molecule has 0 amide bonds. The van der Waals surface area contributed by atoms with E-state index < -0.39 is 11.4 Å². The number of aliphatic carboxylic acids is 1. The Morgan fingerprint density at radius 3 is 2.26 bits per heavy atom. The number of hydrogen-bond acceptors (Lipinski definition) is 6. The Hall–Kier alpha value is -3.75. The summed E-state index contributed by atoms with van der Waals surface area (Å²) in [5.74, 6) is 0.105. The van der Waals surface area contributed by atoms with Gasteiger partial charge in [-0.3, -0.25) is 4.79 Å². The molecule has 8 heteroatoms. The summed E-state index contributed by atoms with van der Waals surface area (Å²) in [6.45, 7) is 7.67. The number of carbonyl (C=O) groups is 1. The first-order valence-corrected chi connectivity index (χ1v) is 15.1. The molecule has 6 rings (SSSR count). The van der Waals surface area contributed by atoms with Gasteiger partial charge in [-0.2, -0.15) is 0 Å². The zero-order valence-corrected chi connectivity index (χ0v) is 24.4. The van der Waals surface area contributed by atoms with Crippen LogP contribution in [0.1, 0.15) is 62.5 Å². The number of likely N-dealkylation sites (tertiary alicyclic amines) is 1. The second kappa shape index (κ2) is 12.2. The summed E-state index contributed by atoms with van der Waals surface area (Å²) in [6, 6.07) is 24.6. The van der Waals surface area contributed by atoms with Crippen LogP contribution in [-0.2, 0) is 14.9 Å². The molecule has 0 spiro atoms. The standard InChI is InChI=1S/C34H40N4O4/c1-24(2)28-22-34(28,33(39)40)29-23-38-30(35-29)14-15-31(36-38)41-21-9-18-37-19-16-27(17-20-37)42-32(25-10-5-3-6-11-25)26-12-7-4-8-13-26/h3-8,10-15,23-24,27-28,32H,9,16-22H2,1-2H3,(H,39,40). The van der Waals surface area contributed by atoms with E-state index in [0.29, 0.717) is 30.2 Å². The second-order valence-corrected chi connectivity index (χ2v) is 12.0. The Balaban J connectivity index is 0.977. The van der Waals surface area contributed by atoms with Crippen molar-refractivity contribution >= 4 is 11.6 Å². The molecule has 4 aromatic rings. The average Bonchev–Trinajstić information content (AvgIpc) is 3.66. The summed E-state index contributed by atoms with van der Waals surface area (Å²) in [4.78, 5) is 19.2. The van der Waals surface area contributed by atoms with Gasteiger partial charge in [-0.25, -0.2) is 9.50 Å². The van der Waals surface area contributed by atoms with Gasteiger partial charge in [0, 0.05) is 25.7 Å². The number of carboxylic acid groups (broad SMARTS) is 1. The van der Waals surface area contributed by atoms with E-state index >= 15 is 0 Å². The Morgan fingerprint density at radius 2 is 1.67 bits per heavy atom. The van der Waals surface area contributed by atoms with E-state index in [0.717, 1.165) is 38.9 Å². The third-order valence-corrected chi connectivity index (χ3v) is 8.89. The maximum absolute atomic E-state index is 12.1. The number of rotatable bonds is 12. The van der Waals surface area contributed by atoms with Crippen molar-refractivity contribution in [2.24, 2.45) is 11.8 Å². The highest BCUT2D eigenvalue weighted by Crippen LogP contribution is 2.57. The molecule has 1 saturated heterocycles. The lowest BCUT2D eigenvalue weighted by molar-refractivity contribution is -0.140. The lowest BCUT2D eigenvalue weighted by atomic mass is 9.94. The minimum atomic E-state index is -0.897. The van der Waals surface area contributed by atoms with Crippen LogP contribution in [0.5, 0.6) is 5.88 Å². The van der Waals surface area contributed by atoms with E-state index in [2.05, 4.69) is 77.4 Å². The van der Waals surface area contributed by atoms with E-state index in [-0.39, 0.29) is 24.0 Å². The van der Waals surface area contributed by atoms with E-state index in [1.165, 1.54) is 11.1 Å². The molecule has 2 unspecified atom stereocenters. The number of imidazole rings is 1. The van der Waals surface area contributed by atoms with Crippen LogP contribution in [0.2, 0.25) is 0 Å². The monoisotopic (exact) mass is 568 g/mol. The van der Waals surface area contributed by atoms with Crippen LogP contribution < -0.4 is 4.74 Å². The van der Waals surface area contributed by atoms with Crippen LogP contribution in [-0.4, -0.2) is 62.9 Å². The zero-order chi connectivity index (χ0) is 29.1. The number of piperidine rings is 1. The summed E-state index contributed by atoms with van der Waals surface area (Å²) in [6.07, 6.45) is 5.47. The number of ether oxygens (including phenoxy) is 2. The van der Waals surface area contributed by atoms with E-state index in [4.69, 9.17) is 9.47 Å². The van der Waals surface area contributed by atoms with Crippen LogP contribution in [0.15, 0.2) is 79.0 Å². The maximum Gasteiger partial charge on any atom is 0.316 e. The Labute approximate surface area is 247 Å². The van der Waals surface area contributed by atoms with Crippen molar-refractivity contribution in [2.75, 3.05) is 26.2 Å². The summed E-state index contributed by atoms with van der Waals surface area (Å²) in [5, 5.41) is 14.5. The molecule has 8 nitrogen and oxygen atoms in total. The topological polar surface area (TPSA) is 89.2 Å². The minimum absolute atomic E-state index is 0.0515. The van der Waals surface area contributed by atoms with E-state index in [1.54, 1.807) is 10.7 Å². The lowest BCUT2D eigenvalue weighted by Crippen LogP contribution is -2.38. The van der Waals surface area contributed by atoms with Crippen LogP contribution in [0.25, 0.3) is 5.65 Å². The molecule has 42 heavy (non-hydrogen) atoms. The van der Waals surface area contributed by atoms with Crippen molar-refractivity contribution < 1.29 is 19.4 Å². The van der Waals surface area contributed by atoms with Gasteiger partial charge in [-0.05, 0) is 54.7 Å². The van der Waals surface area contributed by atoms with Crippen molar-refractivity contribution in [3.05, 3.63) is 95.8 Å². The smallest absolute Gasteiger partial charge is 0.316 e. The summed E-state index contributed by atoms with van der Waals surface area (Å²) >= 11 is 0. The number of fused-ring (bicyclic) bond motifs is 1. The summed E-state index contributed by atoms with van der Waals surface area (Å²) in [7, 11) is 0. The van der Waals surface area contributed by atoms with E-state index in [9.17, 15) is 9.90 Å². The van der Waals surface area contributed by atoms with Gasteiger partial charge in [0.05, 0.1) is 24.6 Å². The lowest BCUT2D eigenvalue weighted by Gasteiger charge is -2.34. The second-order valence-electron chi connectivity index (χ2n) is 12.0. The highest BCUT2D eigenvalue weighted by atomic mass is 16.5. The molecule has 3 heterocycles. The van der Waals surface area contributed by atoms with Gasteiger partial charge in [0.1, 0.15) is 11.5 Å². The predicted molar refractivity (Wildman–Crippen MR) is 161 cm³/mol. The molecule has 0 radical (unpaired) electrons. The fourth-order valence-electron chi connectivity index (χ4n) is 6.43. The van der Waals surface area contributed by atoms with Crippen molar-refractivity contribution in [2.45, 2.75) is 57.2 Å². The quantitative estimate of drug-likeness (QED) is 0.217. The molecule has 1 saturated carbocycles. The molecule has 2 aliphatic rings.